The second-order valence-electron chi connectivity index (χ2n) is 5.56. The van der Waals surface area contributed by atoms with Gasteiger partial charge in [0.15, 0.2) is 0 Å². The van der Waals surface area contributed by atoms with E-state index in [-0.39, 0.29) is 5.91 Å². The van der Waals surface area contributed by atoms with E-state index in [2.05, 4.69) is 9.88 Å². The van der Waals surface area contributed by atoms with Gasteiger partial charge in [0.25, 0.3) is 5.91 Å². The number of benzene rings is 1. The van der Waals surface area contributed by atoms with Gasteiger partial charge in [-0.3, -0.25) is 4.79 Å². The Bertz CT molecular complexity index is 696. The third kappa shape index (κ3) is 3.65. The van der Waals surface area contributed by atoms with E-state index in [1.54, 1.807) is 12.1 Å². The zero-order valence-electron chi connectivity index (χ0n) is 13.0. The van der Waals surface area contributed by atoms with E-state index in [4.69, 9.17) is 0 Å². The van der Waals surface area contributed by atoms with Crippen molar-refractivity contribution >= 4 is 16.7 Å². The van der Waals surface area contributed by atoms with Crippen molar-refractivity contribution in [1.29, 1.82) is 0 Å². The molecule has 2 heterocycles. The van der Waals surface area contributed by atoms with Gasteiger partial charge in [0.05, 0.1) is 15.7 Å². The molecular weight excluding hydrogens is 310 g/mol. The summed E-state index contributed by atoms with van der Waals surface area (Å²) < 4.78 is 12.4. The van der Waals surface area contributed by atoms with Crippen molar-refractivity contribution < 1.29 is 9.00 Å². The lowest BCUT2D eigenvalue weighted by molar-refractivity contribution is 0.0658. The molecule has 0 radical (unpaired) electrons. The van der Waals surface area contributed by atoms with Crippen LogP contribution in [0.3, 0.4) is 0 Å². The van der Waals surface area contributed by atoms with Crippen LogP contribution in [0.5, 0.6) is 0 Å². The minimum atomic E-state index is -1.27. The van der Waals surface area contributed by atoms with Gasteiger partial charge in [-0.25, -0.2) is 9.19 Å². The first kappa shape index (κ1) is 15.8. The molecule has 2 aromatic rings. The largest absolute Gasteiger partial charge is 0.335 e. The van der Waals surface area contributed by atoms with Gasteiger partial charge in [-0.15, -0.1) is 0 Å². The molecule has 5 nitrogen and oxygen atoms in total. The van der Waals surface area contributed by atoms with Gasteiger partial charge in [-0.1, -0.05) is 18.2 Å². The van der Waals surface area contributed by atoms with Gasteiger partial charge in [-0.2, -0.15) is 0 Å². The van der Waals surface area contributed by atoms with Crippen molar-refractivity contribution in [2.24, 2.45) is 0 Å². The molecule has 0 unspecified atom stereocenters. The zero-order chi connectivity index (χ0) is 16.2. The van der Waals surface area contributed by atoms with Crippen LogP contribution in [0.15, 0.2) is 58.5 Å². The summed E-state index contributed by atoms with van der Waals surface area (Å²) >= 11 is 0. The molecule has 1 saturated heterocycles. The Hall–Kier alpha value is -2.05. The summed E-state index contributed by atoms with van der Waals surface area (Å²) in [6.45, 7) is 3.19. The van der Waals surface area contributed by atoms with Crippen LogP contribution in [0, 0.1) is 0 Å². The minimum Gasteiger partial charge on any atom is -0.335 e. The summed E-state index contributed by atoms with van der Waals surface area (Å²) in [6.07, 6.45) is 1.53. The Labute approximate surface area is 138 Å². The Morgan fingerprint density at radius 1 is 1.00 bits per heavy atom. The van der Waals surface area contributed by atoms with Crippen LogP contribution in [0.2, 0.25) is 0 Å². The predicted molar refractivity (Wildman–Crippen MR) is 88.8 cm³/mol. The quantitative estimate of drug-likeness (QED) is 0.859. The van der Waals surface area contributed by atoms with Gasteiger partial charge >= 0.3 is 0 Å². The van der Waals surface area contributed by atoms with Crippen LogP contribution in [0.1, 0.15) is 10.5 Å². The maximum atomic E-state index is 12.4. The number of piperazine rings is 1. The van der Waals surface area contributed by atoms with E-state index in [1.165, 1.54) is 6.20 Å². The Kier molecular flexibility index (Phi) is 4.83. The smallest absolute Gasteiger partial charge is 0.272 e. The number of rotatable bonds is 3. The van der Waals surface area contributed by atoms with Crippen LogP contribution in [-0.2, 0) is 10.8 Å². The lowest BCUT2D eigenvalue weighted by atomic mass is 10.2. The highest BCUT2D eigenvalue weighted by molar-refractivity contribution is 7.85. The molecule has 0 N–H and O–H groups in total. The third-order valence-electron chi connectivity index (χ3n) is 3.92. The summed E-state index contributed by atoms with van der Waals surface area (Å²) in [5, 5.41) is 0. The summed E-state index contributed by atoms with van der Waals surface area (Å²) in [7, 11) is 0.778. The molecule has 1 atom stereocenters. The van der Waals surface area contributed by atoms with E-state index in [0.29, 0.717) is 23.7 Å². The standard InChI is InChI=1S/C17H19N3O2S/c1-19-9-11-20(12-10-19)17(21)16-8-7-15(13-18-16)23(22)14-5-3-2-4-6-14/h2-8,13H,9-12H2,1H3/t23-/m0/s1. The fourth-order valence-corrected chi connectivity index (χ4v) is 3.48. The Morgan fingerprint density at radius 2 is 1.70 bits per heavy atom. The summed E-state index contributed by atoms with van der Waals surface area (Å²) in [5.41, 5.74) is 0.406. The number of aromatic nitrogens is 1. The first-order valence-electron chi connectivity index (χ1n) is 7.56. The molecule has 23 heavy (non-hydrogen) atoms. The Morgan fingerprint density at radius 3 is 2.30 bits per heavy atom. The van der Waals surface area contributed by atoms with Gasteiger partial charge in [-0.05, 0) is 31.3 Å². The molecule has 1 aliphatic rings. The molecule has 120 valence electrons. The third-order valence-corrected chi connectivity index (χ3v) is 5.29. The molecule has 1 amide bonds. The first-order valence-corrected chi connectivity index (χ1v) is 8.71. The highest BCUT2D eigenvalue weighted by Crippen LogP contribution is 2.16. The fourth-order valence-electron chi connectivity index (χ4n) is 2.47. The number of carbonyl (C=O) groups excluding carboxylic acids is 1. The normalized spacial score (nSPS) is 17.0. The van der Waals surface area contributed by atoms with Crippen LogP contribution >= 0.6 is 0 Å². The van der Waals surface area contributed by atoms with Crippen molar-refractivity contribution in [2.75, 3.05) is 33.2 Å². The lowest BCUT2D eigenvalue weighted by Gasteiger charge is -2.32. The highest BCUT2D eigenvalue weighted by Gasteiger charge is 2.21. The molecule has 3 rings (SSSR count). The molecular formula is C17H19N3O2S. The average Bonchev–Trinajstić information content (AvgIpc) is 2.62. The number of likely N-dealkylation sites (N-methyl/N-ethyl adjacent to an activating group) is 1. The van der Waals surface area contributed by atoms with E-state index in [9.17, 15) is 9.00 Å². The van der Waals surface area contributed by atoms with Crippen molar-refractivity contribution in [2.45, 2.75) is 9.79 Å². The summed E-state index contributed by atoms with van der Waals surface area (Å²) in [6, 6.07) is 12.6. The van der Waals surface area contributed by atoms with Gasteiger partial charge in [0.2, 0.25) is 0 Å². The zero-order valence-corrected chi connectivity index (χ0v) is 13.8. The first-order chi connectivity index (χ1) is 11.1. The van der Waals surface area contributed by atoms with Gasteiger partial charge in [0.1, 0.15) is 5.69 Å². The molecule has 1 fully saturated rings. The molecule has 6 heteroatoms. The molecule has 1 aromatic carbocycles. The number of hydrogen-bond acceptors (Lipinski definition) is 4. The van der Waals surface area contributed by atoms with Crippen molar-refractivity contribution in [3.05, 3.63) is 54.4 Å². The molecule has 0 aliphatic carbocycles. The molecule has 0 saturated carbocycles. The fraction of sp³-hybridized carbons (Fsp3) is 0.294. The van der Waals surface area contributed by atoms with Gasteiger partial charge in [0, 0.05) is 37.3 Å². The van der Waals surface area contributed by atoms with E-state index >= 15 is 0 Å². The second kappa shape index (κ2) is 7.02. The number of nitrogens with zero attached hydrogens (tertiary/aromatic N) is 3. The Balaban J connectivity index is 1.72. The average molecular weight is 329 g/mol. The lowest BCUT2D eigenvalue weighted by Crippen LogP contribution is -2.47. The molecule has 1 aliphatic heterocycles. The maximum Gasteiger partial charge on any atom is 0.272 e. The van der Waals surface area contributed by atoms with Crippen molar-refractivity contribution in [1.82, 2.24) is 14.8 Å². The van der Waals surface area contributed by atoms with E-state index in [0.717, 1.165) is 18.0 Å². The topological polar surface area (TPSA) is 53.5 Å². The number of amides is 1. The van der Waals surface area contributed by atoms with E-state index in [1.807, 2.05) is 42.3 Å². The molecule has 0 spiro atoms. The van der Waals surface area contributed by atoms with Crippen LogP contribution in [0.25, 0.3) is 0 Å². The van der Waals surface area contributed by atoms with Crippen molar-refractivity contribution in [3.63, 3.8) is 0 Å². The molecule has 1 aromatic heterocycles. The van der Waals surface area contributed by atoms with Crippen LogP contribution < -0.4 is 0 Å². The number of hydrogen-bond donors (Lipinski definition) is 0. The van der Waals surface area contributed by atoms with Gasteiger partial charge < -0.3 is 9.80 Å². The van der Waals surface area contributed by atoms with Crippen molar-refractivity contribution in [3.8, 4) is 0 Å². The monoisotopic (exact) mass is 329 g/mol. The SMILES string of the molecule is CN1CCN(C(=O)c2ccc([S@@](=O)c3ccccc3)cn2)CC1. The summed E-state index contributed by atoms with van der Waals surface area (Å²) in [5.74, 6) is -0.0601. The minimum absolute atomic E-state index is 0.0601. The van der Waals surface area contributed by atoms with E-state index < -0.39 is 10.8 Å². The van der Waals surface area contributed by atoms with Crippen LogP contribution in [-0.4, -0.2) is 58.1 Å². The predicted octanol–water partition coefficient (Wildman–Crippen LogP) is 1.64. The second-order valence-corrected chi connectivity index (χ2v) is 7.04. The summed E-state index contributed by atoms with van der Waals surface area (Å²) in [4.78, 5) is 22.0. The molecule has 0 bridgehead atoms. The number of pyridine rings is 1. The highest BCUT2D eigenvalue weighted by atomic mass is 32.2. The van der Waals surface area contributed by atoms with Crippen LogP contribution in [0.4, 0.5) is 0 Å². The number of carbonyl (C=O) groups is 1. The maximum absolute atomic E-state index is 12.4.